The van der Waals surface area contributed by atoms with Gasteiger partial charge in [-0.15, -0.1) is 0 Å². The lowest BCUT2D eigenvalue weighted by Gasteiger charge is -2.32. The molecule has 1 aliphatic heterocycles. The van der Waals surface area contributed by atoms with E-state index in [1.807, 2.05) is 19.1 Å². The topological polar surface area (TPSA) is 58.6 Å². The summed E-state index contributed by atoms with van der Waals surface area (Å²) in [7, 11) is -3.42. The Balaban J connectivity index is 2.09. The zero-order valence-electron chi connectivity index (χ0n) is 12.7. The van der Waals surface area contributed by atoms with Crippen LogP contribution in [0.1, 0.15) is 25.8 Å². The summed E-state index contributed by atoms with van der Waals surface area (Å²) in [5.41, 5.74) is 1.09. The van der Waals surface area contributed by atoms with E-state index < -0.39 is 10.0 Å². The van der Waals surface area contributed by atoms with E-state index >= 15 is 0 Å². The summed E-state index contributed by atoms with van der Waals surface area (Å²) in [5.74, 6) is 0. The average Bonchev–Trinajstić information content (AvgIpc) is 2.48. The Morgan fingerprint density at radius 1 is 1.33 bits per heavy atom. The monoisotopic (exact) mass is 312 g/mol. The van der Waals surface area contributed by atoms with Crippen LogP contribution in [0.15, 0.2) is 29.2 Å². The summed E-state index contributed by atoms with van der Waals surface area (Å²) in [5, 5.41) is 3.30. The Morgan fingerprint density at radius 2 is 2.05 bits per heavy atom. The van der Waals surface area contributed by atoms with Gasteiger partial charge in [0, 0.05) is 19.1 Å². The molecule has 1 aromatic carbocycles. The highest BCUT2D eigenvalue weighted by Crippen LogP contribution is 2.20. The summed E-state index contributed by atoms with van der Waals surface area (Å²) in [6.45, 7) is 7.06. The zero-order chi connectivity index (χ0) is 15.3. The lowest BCUT2D eigenvalue weighted by Crippen LogP contribution is -2.46. The van der Waals surface area contributed by atoms with Crippen molar-refractivity contribution in [3.8, 4) is 0 Å². The van der Waals surface area contributed by atoms with E-state index in [0.29, 0.717) is 24.7 Å². The molecule has 0 bridgehead atoms. The van der Waals surface area contributed by atoms with Gasteiger partial charge in [-0.2, -0.15) is 4.31 Å². The van der Waals surface area contributed by atoms with Crippen molar-refractivity contribution in [2.75, 3.05) is 26.3 Å². The van der Waals surface area contributed by atoms with Crippen molar-refractivity contribution in [2.24, 2.45) is 0 Å². The van der Waals surface area contributed by atoms with Gasteiger partial charge in [-0.05, 0) is 37.6 Å². The largest absolute Gasteiger partial charge is 0.378 e. The Kier molecular flexibility index (Phi) is 5.75. The molecule has 21 heavy (non-hydrogen) atoms. The van der Waals surface area contributed by atoms with E-state index in [1.54, 1.807) is 12.1 Å². The molecular formula is C15H24N2O3S. The number of hydrogen-bond donors (Lipinski definition) is 1. The number of hydrogen-bond acceptors (Lipinski definition) is 4. The van der Waals surface area contributed by atoms with Gasteiger partial charge in [0.25, 0.3) is 0 Å². The normalized spacial score (nSPS) is 20.6. The number of sulfonamides is 1. The van der Waals surface area contributed by atoms with Gasteiger partial charge in [0.2, 0.25) is 10.0 Å². The van der Waals surface area contributed by atoms with E-state index in [2.05, 4.69) is 12.2 Å². The second-order valence-electron chi connectivity index (χ2n) is 5.36. The SMILES string of the molecule is CCCNCc1ccc(S(=O)(=O)N2CCOCC2C)cc1. The first-order valence-electron chi connectivity index (χ1n) is 7.45. The summed E-state index contributed by atoms with van der Waals surface area (Å²) in [6, 6.07) is 7.03. The van der Waals surface area contributed by atoms with E-state index in [0.717, 1.165) is 25.1 Å². The molecule has 0 aliphatic carbocycles. The molecule has 1 fully saturated rings. The van der Waals surface area contributed by atoms with Crippen LogP contribution in [0.25, 0.3) is 0 Å². The van der Waals surface area contributed by atoms with E-state index in [4.69, 9.17) is 4.74 Å². The molecule has 0 aromatic heterocycles. The molecule has 1 N–H and O–H groups in total. The lowest BCUT2D eigenvalue weighted by molar-refractivity contribution is 0.0393. The molecule has 2 rings (SSSR count). The van der Waals surface area contributed by atoms with Crippen molar-refractivity contribution >= 4 is 10.0 Å². The maximum atomic E-state index is 12.6. The van der Waals surface area contributed by atoms with Gasteiger partial charge in [0.1, 0.15) is 0 Å². The van der Waals surface area contributed by atoms with Gasteiger partial charge in [-0.1, -0.05) is 19.1 Å². The van der Waals surface area contributed by atoms with Gasteiger partial charge in [0.05, 0.1) is 18.1 Å². The fraction of sp³-hybridized carbons (Fsp3) is 0.600. The molecule has 1 aromatic rings. The van der Waals surface area contributed by atoms with Crippen molar-refractivity contribution in [1.82, 2.24) is 9.62 Å². The Bertz CT molecular complexity index is 543. The number of nitrogens with zero attached hydrogens (tertiary/aromatic N) is 1. The average molecular weight is 312 g/mol. The molecule has 0 spiro atoms. The van der Waals surface area contributed by atoms with E-state index in [1.165, 1.54) is 4.31 Å². The van der Waals surface area contributed by atoms with Gasteiger partial charge in [0.15, 0.2) is 0 Å². The molecule has 1 atom stereocenters. The van der Waals surface area contributed by atoms with Gasteiger partial charge in [-0.3, -0.25) is 0 Å². The molecule has 1 saturated heterocycles. The summed E-state index contributed by atoms with van der Waals surface area (Å²) in [4.78, 5) is 0.357. The number of nitrogens with one attached hydrogen (secondary N) is 1. The van der Waals surface area contributed by atoms with Gasteiger partial charge in [-0.25, -0.2) is 8.42 Å². The zero-order valence-corrected chi connectivity index (χ0v) is 13.5. The maximum absolute atomic E-state index is 12.6. The predicted octanol–water partition coefficient (Wildman–Crippen LogP) is 1.60. The second-order valence-corrected chi connectivity index (χ2v) is 7.25. The summed E-state index contributed by atoms with van der Waals surface area (Å²) in [6.07, 6.45) is 1.08. The van der Waals surface area contributed by atoms with Crippen LogP contribution in [0.5, 0.6) is 0 Å². The fourth-order valence-electron chi connectivity index (χ4n) is 2.39. The first-order valence-corrected chi connectivity index (χ1v) is 8.89. The fourth-order valence-corrected chi connectivity index (χ4v) is 3.99. The molecular weight excluding hydrogens is 288 g/mol. The minimum absolute atomic E-state index is 0.116. The number of benzene rings is 1. The number of morpholine rings is 1. The third-order valence-electron chi connectivity index (χ3n) is 3.59. The highest BCUT2D eigenvalue weighted by atomic mass is 32.2. The molecule has 5 nitrogen and oxygen atoms in total. The second kappa shape index (κ2) is 7.35. The van der Waals surface area contributed by atoms with Crippen LogP contribution in [0.2, 0.25) is 0 Å². The summed E-state index contributed by atoms with van der Waals surface area (Å²) >= 11 is 0. The molecule has 6 heteroatoms. The first kappa shape index (κ1) is 16.4. The van der Waals surface area contributed by atoms with Gasteiger partial charge >= 0.3 is 0 Å². The molecule has 0 saturated carbocycles. The van der Waals surface area contributed by atoms with Crippen LogP contribution >= 0.6 is 0 Å². The van der Waals surface area contributed by atoms with Crippen LogP contribution in [0.3, 0.4) is 0 Å². The third-order valence-corrected chi connectivity index (χ3v) is 5.62. The van der Waals surface area contributed by atoms with Crippen molar-refractivity contribution < 1.29 is 13.2 Å². The predicted molar refractivity (Wildman–Crippen MR) is 82.6 cm³/mol. The van der Waals surface area contributed by atoms with Crippen LogP contribution in [0.4, 0.5) is 0 Å². The van der Waals surface area contributed by atoms with Crippen LogP contribution in [-0.4, -0.2) is 45.1 Å². The lowest BCUT2D eigenvalue weighted by atomic mass is 10.2. The van der Waals surface area contributed by atoms with E-state index in [-0.39, 0.29) is 6.04 Å². The highest BCUT2D eigenvalue weighted by Gasteiger charge is 2.31. The van der Waals surface area contributed by atoms with Crippen molar-refractivity contribution in [1.29, 1.82) is 0 Å². The molecule has 118 valence electrons. The van der Waals surface area contributed by atoms with Crippen molar-refractivity contribution in [2.45, 2.75) is 37.8 Å². The summed E-state index contributed by atoms with van der Waals surface area (Å²) < 4.78 is 32.1. The molecule has 0 amide bonds. The van der Waals surface area contributed by atoms with E-state index in [9.17, 15) is 8.42 Å². The first-order chi connectivity index (χ1) is 10.1. The smallest absolute Gasteiger partial charge is 0.243 e. The van der Waals surface area contributed by atoms with Crippen LogP contribution < -0.4 is 5.32 Å². The quantitative estimate of drug-likeness (QED) is 0.811. The minimum atomic E-state index is -3.42. The van der Waals surface area contributed by atoms with Crippen molar-refractivity contribution in [3.05, 3.63) is 29.8 Å². The number of rotatable bonds is 6. The van der Waals surface area contributed by atoms with Crippen LogP contribution in [-0.2, 0) is 21.3 Å². The molecule has 1 heterocycles. The Labute approximate surface area is 127 Å². The Hall–Kier alpha value is -0.950. The number of ether oxygens (including phenoxy) is 1. The van der Waals surface area contributed by atoms with Gasteiger partial charge < -0.3 is 10.1 Å². The standard InChI is InChI=1S/C15H24N2O3S/c1-3-8-16-11-14-4-6-15(7-5-14)21(18,19)17-9-10-20-12-13(17)2/h4-7,13,16H,3,8-12H2,1-2H3. The minimum Gasteiger partial charge on any atom is -0.378 e. The van der Waals surface area contributed by atoms with Crippen molar-refractivity contribution in [3.63, 3.8) is 0 Å². The highest BCUT2D eigenvalue weighted by molar-refractivity contribution is 7.89. The molecule has 1 aliphatic rings. The maximum Gasteiger partial charge on any atom is 0.243 e. The third kappa shape index (κ3) is 4.03. The Morgan fingerprint density at radius 3 is 2.67 bits per heavy atom. The van der Waals surface area contributed by atoms with Crippen LogP contribution in [0, 0.1) is 0 Å². The molecule has 0 radical (unpaired) electrons. The molecule has 1 unspecified atom stereocenters.